The van der Waals surface area contributed by atoms with Gasteiger partial charge < -0.3 is 10.1 Å². The van der Waals surface area contributed by atoms with Crippen molar-refractivity contribution in [3.8, 4) is 5.75 Å². The van der Waals surface area contributed by atoms with Crippen molar-refractivity contribution in [1.29, 1.82) is 5.41 Å². The second-order valence-corrected chi connectivity index (χ2v) is 6.34. The molecule has 0 atom stereocenters. The standard InChI is InChI=1S/C21H20F6N2O/c22-20(23,24)18(28)14-19(21(25,26)27)29-12-10-16-8-4-5-9-17(16)30-13-11-15-6-2-1-3-7-15/h1-9,14,28-29H,10-13H2/b19-14-,28-18?. The van der Waals surface area contributed by atoms with Gasteiger partial charge in [0, 0.05) is 13.0 Å². The van der Waals surface area contributed by atoms with E-state index >= 15 is 0 Å². The molecule has 0 saturated carbocycles. The van der Waals surface area contributed by atoms with Gasteiger partial charge in [0.25, 0.3) is 0 Å². The van der Waals surface area contributed by atoms with Crippen molar-refractivity contribution in [1.82, 2.24) is 5.32 Å². The summed E-state index contributed by atoms with van der Waals surface area (Å²) in [6.45, 7) is 0.0838. The second-order valence-electron chi connectivity index (χ2n) is 6.34. The smallest absolute Gasteiger partial charge is 0.432 e. The van der Waals surface area contributed by atoms with E-state index in [9.17, 15) is 26.3 Å². The van der Waals surface area contributed by atoms with Crippen LogP contribution in [0.3, 0.4) is 0 Å². The molecule has 162 valence electrons. The molecular weight excluding hydrogens is 410 g/mol. The fourth-order valence-corrected chi connectivity index (χ4v) is 2.57. The van der Waals surface area contributed by atoms with E-state index < -0.39 is 23.8 Å². The molecule has 3 nitrogen and oxygen atoms in total. The Bertz CT molecular complexity index is 860. The molecule has 0 spiro atoms. The number of alkyl halides is 6. The van der Waals surface area contributed by atoms with E-state index in [1.54, 1.807) is 24.3 Å². The normalized spacial score (nSPS) is 12.5. The summed E-state index contributed by atoms with van der Waals surface area (Å²) >= 11 is 0. The third-order valence-corrected chi connectivity index (χ3v) is 4.07. The number of hydrogen-bond donors (Lipinski definition) is 2. The first-order chi connectivity index (χ1) is 14.1. The Morgan fingerprint density at radius 2 is 1.50 bits per heavy atom. The van der Waals surface area contributed by atoms with Crippen LogP contribution in [-0.2, 0) is 12.8 Å². The SMILES string of the molecule is N=C(/C=C(\NCCc1ccccc1OCCc1ccccc1)C(F)(F)F)C(F)(F)F. The zero-order valence-electron chi connectivity index (χ0n) is 15.8. The van der Waals surface area contributed by atoms with Crippen LogP contribution >= 0.6 is 0 Å². The maximum Gasteiger partial charge on any atom is 0.432 e. The second kappa shape index (κ2) is 10.2. The summed E-state index contributed by atoms with van der Waals surface area (Å²) in [5.74, 6) is 0.496. The summed E-state index contributed by atoms with van der Waals surface area (Å²) in [5, 5.41) is 8.73. The average Bonchev–Trinajstić information content (AvgIpc) is 2.67. The summed E-state index contributed by atoms with van der Waals surface area (Å²) in [6, 6.07) is 16.4. The number of ether oxygens (including phenoxy) is 1. The highest BCUT2D eigenvalue weighted by Gasteiger charge is 2.38. The molecule has 0 amide bonds. The van der Waals surface area contributed by atoms with Gasteiger partial charge in [0.15, 0.2) is 0 Å². The maximum absolute atomic E-state index is 13.0. The number of benzene rings is 2. The highest BCUT2D eigenvalue weighted by molar-refractivity contribution is 5.97. The number of nitrogens with one attached hydrogen (secondary N) is 2. The van der Waals surface area contributed by atoms with E-state index in [1.165, 1.54) is 0 Å². The molecule has 2 aromatic rings. The van der Waals surface area contributed by atoms with Crippen molar-refractivity contribution < 1.29 is 31.1 Å². The Morgan fingerprint density at radius 3 is 2.13 bits per heavy atom. The van der Waals surface area contributed by atoms with Gasteiger partial charge in [-0.2, -0.15) is 26.3 Å². The molecule has 9 heteroatoms. The van der Waals surface area contributed by atoms with E-state index in [2.05, 4.69) is 0 Å². The minimum absolute atomic E-state index is 0.0915. The van der Waals surface area contributed by atoms with E-state index in [4.69, 9.17) is 10.1 Å². The van der Waals surface area contributed by atoms with Crippen molar-refractivity contribution >= 4 is 5.71 Å². The molecule has 2 rings (SSSR count). The summed E-state index contributed by atoms with van der Waals surface area (Å²) in [7, 11) is 0. The van der Waals surface area contributed by atoms with Gasteiger partial charge in [0.2, 0.25) is 0 Å². The zero-order chi connectivity index (χ0) is 22.2. The highest BCUT2D eigenvalue weighted by Crippen LogP contribution is 2.26. The van der Waals surface area contributed by atoms with Crippen molar-refractivity contribution in [2.24, 2.45) is 0 Å². The molecule has 2 aromatic carbocycles. The third kappa shape index (κ3) is 7.46. The maximum atomic E-state index is 13.0. The fraction of sp³-hybridized carbons (Fsp3) is 0.286. The lowest BCUT2D eigenvalue weighted by molar-refractivity contribution is -0.0969. The number of allylic oxidation sites excluding steroid dienone is 2. The molecule has 0 bridgehead atoms. The average molecular weight is 430 g/mol. The van der Waals surface area contributed by atoms with Crippen LogP contribution in [0.1, 0.15) is 11.1 Å². The lowest BCUT2D eigenvalue weighted by Gasteiger charge is -2.16. The first-order valence-corrected chi connectivity index (χ1v) is 9.00. The summed E-state index contributed by atoms with van der Waals surface area (Å²) in [6.07, 6.45) is -9.70. The molecule has 0 aliphatic heterocycles. The van der Waals surface area contributed by atoms with E-state index in [-0.39, 0.29) is 19.0 Å². The summed E-state index contributed by atoms with van der Waals surface area (Å²) < 4.78 is 81.9. The molecule has 0 fully saturated rings. The lowest BCUT2D eigenvalue weighted by atomic mass is 10.1. The van der Waals surface area contributed by atoms with Crippen LogP contribution in [0, 0.1) is 5.41 Å². The first kappa shape index (κ1) is 23.3. The van der Waals surface area contributed by atoms with E-state index in [0.717, 1.165) is 5.56 Å². The van der Waals surface area contributed by atoms with Gasteiger partial charge in [-0.15, -0.1) is 0 Å². The van der Waals surface area contributed by atoms with E-state index in [0.29, 0.717) is 24.3 Å². The monoisotopic (exact) mass is 430 g/mol. The molecule has 0 heterocycles. The van der Waals surface area contributed by atoms with Gasteiger partial charge in [-0.1, -0.05) is 48.5 Å². The largest absolute Gasteiger partial charge is 0.493 e. The van der Waals surface area contributed by atoms with Gasteiger partial charge in [-0.3, -0.25) is 5.41 Å². The summed E-state index contributed by atoms with van der Waals surface area (Å²) in [5.41, 5.74) is -2.01. The molecule has 0 aromatic heterocycles. The van der Waals surface area contributed by atoms with Crippen LogP contribution in [0.25, 0.3) is 0 Å². The van der Waals surface area contributed by atoms with Gasteiger partial charge in [0.05, 0.1) is 6.61 Å². The van der Waals surface area contributed by atoms with Crippen LogP contribution in [0.5, 0.6) is 5.75 Å². The zero-order valence-corrected chi connectivity index (χ0v) is 15.8. The highest BCUT2D eigenvalue weighted by atomic mass is 19.4. The van der Waals surface area contributed by atoms with Gasteiger partial charge >= 0.3 is 12.4 Å². The van der Waals surface area contributed by atoms with Crippen molar-refractivity contribution in [2.75, 3.05) is 13.2 Å². The molecule has 0 radical (unpaired) electrons. The topological polar surface area (TPSA) is 45.1 Å². The molecule has 30 heavy (non-hydrogen) atoms. The third-order valence-electron chi connectivity index (χ3n) is 4.07. The number of hydrogen-bond acceptors (Lipinski definition) is 3. The quantitative estimate of drug-likeness (QED) is 0.410. The van der Waals surface area contributed by atoms with E-state index in [1.807, 2.05) is 35.6 Å². The number of para-hydroxylation sites is 1. The van der Waals surface area contributed by atoms with Gasteiger partial charge in [-0.25, -0.2) is 0 Å². The number of halogens is 6. The number of rotatable bonds is 9. The summed E-state index contributed by atoms with van der Waals surface area (Å²) in [4.78, 5) is 0. The first-order valence-electron chi connectivity index (χ1n) is 9.00. The predicted molar refractivity (Wildman–Crippen MR) is 102 cm³/mol. The minimum Gasteiger partial charge on any atom is -0.493 e. The molecule has 0 aliphatic rings. The Hall–Kier alpha value is -2.97. The molecule has 0 saturated heterocycles. The van der Waals surface area contributed by atoms with Crippen LogP contribution in [0.4, 0.5) is 26.3 Å². The van der Waals surface area contributed by atoms with Crippen molar-refractivity contribution in [3.63, 3.8) is 0 Å². The van der Waals surface area contributed by atoms with Crippen LogP contribution in [-0.4, -0.2) is 31.2 Å². The van der Waals surface area contributed by atoms with Crippen LogP contribution in [0.15, 0.2) is 66.4 Å². The van der Waals surface area contributed by atoms with Gasteiger partial charge in [-0.05, 0) is 29.7 Å². The Labute approximate surface area is 169 Å². The Kier molecular flexibility index (Phi) is 7.91. The van der Waals surface area contributed by atoms with Crippen LogP contribution < -0.4 is 10.1 Å². The van der Waals surface area contributed by atoms with Crippen LogP contribution in [0.2, 0.25) is 0 Å². The Balaban J connectivity index is 1.97. The minimum atomic E-state index is -5.16. The predicted octanol–water partition coefficient (Wildman–Crippen LogP) is 5.47. The molecule has 0 unspecified atom stereocenters. The molecule has 0 aliphatic carbocycles. The Morgan fingerprint density at radius 1 is 0.867 bits per heavy atom. The fourth-order valence-electron chi connectivity index (χ4n) is 2.57. The van der Waals surface area contributed by atoms with Gasteiger partial charge in [0.1, 0.15) is 17.2 Å². The van der Waals surface area contributed by atoms with Crippen molar-refractivity contribution in [2.45, 2.75) is 25.2 Å². The molecule has 2 N–H and O–H groups in total. The molecular formula is C21H20F6N2O. The lowest BCUT2D eigenvalue weighted by Crippen LogP contribution is -2.31. The van der Waals surface area contributed by atoms with Crippen molar-refractivity contribution in [3.05, 3.63) is 77.5 Å².